The first kappa shape index (κ1) is 13.5. The number of aromatic nitrogens is 4. The van der Waals surface area contributed by atoms with Gasteiger partial charge in [-0.2, -0.15) is 0 Å². The first-order chi connectivity index (χ1) is 10.1. The average molecular weight is 304 g/mol. The normalized spacial score (nSPS) is 11.0. The van der Waals surface area contributed by atoms with Gasteiger partial charge in [0.05, 0.1) is 17.6 Å². The number of carbonyl (C=O) groups is 1. The SMILES string of the molecule is Cc1sc(C(=O)NN)cc1Cn1nc2cnccn2c1=O. The second-order valence-corrected chi connectivity index (χ2v) is 5.67. The molecule has 3 aromatic rings. The molecule has 0 saturated carbocycles. The highest BCUT2D eigenvalue weighted by atomic mass is 32.1. The molecule has 3 rings (SSSR count). The summed E-state index contributed by atoms with van der Waals surface area (Å²) in [5.41, 5.74) is 3.19. The van der Waals surface area contributed by atoms with Crippen LogP contribution in [0.4, 0.5) is 0 Å². The summed E-state index contributed by atoms with van der Waals surface area (Å²) >= 11 is 1.32. The first-order valence-corrected chi connectivity index (χ1v) is 6.91. The first-order valence-electron chi connectivity index (χ1n) is 6.09. The van der Waals surface area contributed by atoms with Crippen molar-refractivity contribution in [3.05, 3.63) is 50.5 Å². The molecular weight excluding hydrogens is 292 g/mol. The third kappa shape index (κ3) is 2.32. The van der Waals surface area contributed by atoms with Crippen molar-refractivity contribution in [2.45, 2.75) is 13.5 Å². The summed E-state index contributed by atoms with van der Waals surface area (Å²) in [7, 11) is 0. The molecule has 3 N–H and O–H groups in total. The molecule has 0 fully saturated rings. The number of aryl methyl sites for hydroxylation is 1. The van der Waals surface area contributed by atoms with E-state index in [9.17, 15) is 9.59 Å². The Labute approximate surface area is 122 Å². The third-order valence-electron chi connectivity index (χ3n) is 3.08. The van der Waals surface area contributed by atoms with Gasteiger partial charge in [0, 0.05) is 17.3 Å². The predicted octanol–water partition coefficient (Wildman–Crippen LogP) is -0.0873. The molecule has 21 heavy (non-hydrogen) atoms. The topological polar surface area (TPSA) is 107 Å². The van der Waals surface area contributed by atoms with Gasteiger partial charge in [0.25, 0.3) is 5.91 Å². The lowest BCUT2D eigenvalue weighted by Crippen LogP contribution is -2.29. The number of nitrogens with one attached hydrogen (secondary N) is 1. The molecule has 0 aliphatic heterocycles. The van der Waals surface area contributed by atoms with Crippen LogP contribution < -0.4 is 17.0 Å². The highest BCUT2D eigenvalue weighted by molar-refractivity contribution is 7.14. The average Bonchev–Trinajstić information content (AvgIpc) is 3.01. The summed E-state index contributed by atoms with van der Waals surface area (Å²) in [4.78, 5) is 29.1. The van der Waals surface area contributed by atoms with Gasteiger partial charge in [0.15, 0.2) is 5.65 Å². The summed E-state index contributed by atoms with van der Waals surface area (Å²) in [5, 5.41) is 4.21. The molecule has 108 valence electrons. The molecule has 0 aliphatic rings. The Kier molecular flexibility index (Phi) is 3.28. The molecule has 0 radical (unpaired) electrons. The second-order valence-electron chi connectivity index (χ2n) is 4.41. The zero-order chi connectivity index (χ0) is 15.0. The fraction of sp³-hybridized carbons (Fsp3) is 0.167. The van der Waals surface area contributed by atoms with Gasteiger partial charge in [0.2, 0.25) is 0 Å². The number of fused-ring (bicyclic) bond motifs is 1. The zero-order valence-electron chi connectivity index (χ0n) is 11.1. The molecule has 3 aromatic heterocycles. The standard InChI is InChI=1S/C12H12N6O2S/c1-7-8(4-9(21-7)11(19)15-13)6-18-12(20)17-3-2-14-5-10(17)16-18/h2-5H,6,13H2,1H3,(H,15,19). The van der Waals surface area contributed by atoms with E-state index in [1.165, 1.54) is 32.8 Å². The molecule has 3 heterocycles. The number of nitrogens with zero attached hydrogens (tertiary/aromatic N) is 4. The van der Waals surface area contributed by atoms with E-state index >= 15 is 0 Å². The Bertz CT molecular complexity index is 877. The Morgan fingerprint density at radius 2 is 2.33 bits per heavy atom. The number of nitrogens with two attached hydrogens (primary N) is 1. The maximum Gasteiger partial charge on any atom is 0.350 e. The molecular formula is C12H12N6O2S. The van der Waals surface area contributed by atoms with Crippen molar-refractivity contribution < 1.29 is 4.79 Å². The molecule has 8 nitrogen and oxygen atoms in total. The van der Waals surface area contributed by atoms with Crippen LogP contribution in [-0.4, -0.2) is 25.1 Å². The predicted molar refractivity (Wildman–Crippen MR) is 77.1 cm³/mol. The molecule has 0 atom stereocenters. The number of nitrogen functional groups attached to an aromatic ring is 1. The van der Waals surface area contributed by atoms with Crippen molar-refractivity contribution >= 4 is 22.9 Å². The number of thiophene rings is 1. The van der Waals surface area contributed by atoms with Crippen LogP contribution in [0, 0.1) is 6.92 Å². The summed E-state index contributed by atoms with van der Waals surface area (Å²) in [6.07, 6.45) is 4.61. The highest BCUT2D eigenvalue weighted by Gasteiger charge is 2.14. The van der Waals surface area contributed by atoms with Crippen molar-refractivity contribution in [2.75, 3.05) is 0 Å². The number of rotatable bonds is 3. The lowest BCUT2D eigenvalue weighted by molar-refractivity contribution is 0.0957. The van der Waals surface area contributed by atoms with Gasteiger partial charge in [-0.25, -0.2) is 19.7 Å². The molecule has 9 heteroatoms. The molecule has 0 bridgehead atoms. The minimum Gasteiger partial charge on any atom is -0.289 e. The minimum absolute atomic E-state index is 0.247. The van der Waals surface area contributed by atoms with Gasteiger partial charge in [-0.15, -0.1) is 16.4 Å². The Morgan fingerprint density at radius 1 is 1.52 bits per heavy atom. The van der Waals surface area contributed by atoms with Gasteiger partial charge >= 0.3 is 5.69 Å². The van der Waals surface area contributed by atoms with E-state index in [0.29, 0.717) is 17.1 Å². The van der Waals surface area contributed by atoms with Crippen molar-refractivity contribution in [3.8, 4) is 0 Å². The summed E-state index contributed by atoms with van der Waals surface area (Å²) in [6, 6.07) is 1.72. The maximum atomic E-state index is 12.2. The number of hydrazine groups is 1. The van der Waals surface area contributed by atoms with Crippen molar-refractivity contribution in [1.29, 1.82) is 0 Å². The fourth-order valence-corrected chi connectivity index (χ4v) is 2.94. The van der Waals surface area contributed by atoms with E-state index in [-0.39, 0.29) is 11.6 Å². The second kappa shape index (κ2) is 5.11. The smallest absolute Gasteiger partial charge is 0.289 e. The van der Waals surface area contributed by atoms with E-state index < -0.39 is 0 Å². The summed E-state index contributed by atoms with van der Waals surface area (Å²) in [6.45, 7) is 2.18. The molecule has 0 unspecified atom stereocenters. The van der Waals surface area contributed by atoms with Crippen LogP contribution >= 0.6 is 11.3 Å². The van der Waals surface area contributed by atoms with E-state index in [1.54, 1.807) is 12.3 Å². The van der Waals surface area contributed by atoms with E-state index in [0.717, 1.165) is 10.4 Å². The zero-order valence-corrected chi connectivity index (χ0v) is 11.9. The van der Waals surface area contributed by atoms with Crippen LogP contribution in [0.5, 0.6) is 0 Å². The number of hydrogen-bond acceptors (Lipinski definition) is 6. The van der Waals surface area contributed by atoms with Crippen molar-refractivity contribution in [1.82, 2.24) is 24.6 Å². The Morgan fingerprint density at radius 3 is 3.05 bits per heavy atom. The van der Waals surface area contributed by atoms with E-state index in [1.807, 2.05) is 6.92 Å². The summed E-state index contributed by atoms with van der Waals surface area (Å²) < 4.78 is 2.76. The highest BCUT2D eigenvalue weighted by Crippen LogP contribution is 2.21. The van der Waals surface area contributed by atoms with Crippen molar-refractivity contribution in [3.63, 3.8) is 0 Å². The molecule has 0 spiro atoms. The Balaban J connectivity index is 1.99. The lowest BCUT2D eigenvalue weighted by atomic mass is 10.2. The number of amides is 1. The molecule has 0 saturated heterocycles. The third-order valence-corrected chi connectivity index (χ3v) is 4.18. The fourth-order valence-electron chi connectivity index (χ4n) is 2.00. The van der Waals surface area contributed by atoms with E-state index in [2.05, 4.69) is 15.5 Å². The van der Waals surface area contributed by atoms with Gasteiger partial charge in [-0.1, -0.05) is 0 Å². The minimum atomic E-state index is -0.346. The van der Waals surface area contributed by atoms with Gasteiger partial charge in [0.1, 0.15) is 0 Å². The van der Waals surface area contributed by atoms with Crippen LogP contribution in [0.15, 0.2) is 29.5 Å². The monoisotopic (exact) mass is 304 g/mol. The van der Waals surface area contributed by atoms with Gasteiger partial charge < -0.3 is 0 Å². The van der Waals surface area contributed by atoms with Gasteiger partial charge in [-0.3, -0.25) is 15.2 Å². The van der Waals surface area contributed by atoms with Crippen LogP contribution in [0.2, 0.25) is 0 Å². The molecule has 1 amide bonds. The largest absolute Gasteiger partial charge is 0.350 e. The number of hydrogen-bond donors (Lipinski definition) is 2. The van der Waals surface area contributed by atoms with Crippen LogP contribution in [0.1, 0.15) is 20.1 Å². The van der Waals surface area contributed by atoms with Gasteiger partial charge in [-0.05, 0) is 18.6 Å². The maximum absolute atomic E-state index is 12.2. The van der Waals surface area contributed by atoms with Crippen LogP contribution in [0.3, 0.4) is 0 Å². The Hall–Kier alpha value is -2.52. The van der Waals surface area contributed by atoms with E-state index in [4.69, 9.17) is 5.84 Å². The molecule has 0 aromatic carbocycles. The molecule has 0 aliphatic carbocycles. The number of carbonyl (C=O) groups excluding carboxylic acids is 1. The summed E-state index contributed by atoms with van der Waals surface area (Å²) in [5.74, 6) is 4.77. The van der Waals surface area contributed by atoms with Crippen LogP contribution in [0.25, 0.3) is 5.65 Å². The quantitative estimate of drug-likeness (QED) is 0.399. The lowest BCUT2D eigenvalue weighted by Gasteiger charge is -1.97. The van der Waals surface area contributed by atoms with Crippen molar-refractivity contribution in [2.24, 2.45) is 5.84 Å². The van der Waals surface area contributed by atoms with Crippen LogP contribution in [-0.2, 0) is 6.54 Å².